The van der Waals surface area contributed by atoms with E-state index >= 15 is 0 Å². The summed E-state index contributed by atoms with van der Waals surface area (Å²) in [4.78, 5) is 25.8. The molecule has 1 aromatic rings. The van der Waals surface area contributed by atoms with Crippen LogP contribution in [-0.4, -0.2) is 43.0 Å². The number of likely N-dealkylation sites (tertiary alicyclic amines) is 1. The van der Waals surface area contributed by atoms with Gasteiger partial charge >= 0.3 is 5.97 Å². The van der Waals surface area contributed by atoms with Crippen LogP contribution in [0.3, 0.4) is 0 Å². The molecule has 114 valence electrons. The van der Waals surface area contributed by atoms with Crippen LogP contribution < -0.4 is 5.32 Å². The molecule has 1 N–H and O–H groups in total. The summed E-state index contributed by atoms with van der Waals surface area (Å²) in [6, 6.07) is 9.38. The van der Waals surface area contributed by atoms with Crippen molar-refractivity contribution in [3.8, 4) is 0 Å². The number of rotatable bonds is 5. The highest BCUT2D eigenvalue weighted by Crippen LogP contribution is 2.18. The minimum Gasteiger partial charge on any atom is -0.466 e. The van der Waals surface area contributed by atoms with Crippen molar-refractivity contribution in [1.29, 1.82) is 0 Å². The zero-order chi connectivity index (χ0) is 15.1. The van der Waals surface area contributed by atoms with Gasteiger partial charge in [0.1, 0.15) is 0 Å². The second-order valence-corrected chi connectivity index (χ2v) is 5.24. The molecule has 0 radical (unpaired) electrons. The first-order valence-electron chi connectivity index (χ1n) is 7.43. The molecule has 1 aliphatic rings. The average molecular weight is 290 g/mol. The largest absolute Gasteiger partial charge is 0.466 e. The van der Waals surface area contributed by atoms with Crippen molar-refractivity contribution in [2.24, 2.45) is 5.92 Å². The van der Waals surface area contributed by atoms with Gasteiger partial charge in [0.05, 0.1) is 19.1 Å². The summed E-state index contributed by atoms with van der Waals surface area (Å²) in [5.41, 5.74) is 0.793. The molecule has 1 atom stereocenters. The summed E-state index contributed by atoms with van der Waals surface area (Å²) in [5, 5.41) is 2.86. The van der Waals surface area contributed by atoms with Crippen LogP contribution in [0.15, 0.2) is 30.3 Å². The van der Waals surface area contributed by atoms with Crippen LogP contribution in [0.25, 0.3) is 0 Å². The second-order valence-electron chi connectivity index (χ2n) is 5.24. The molecule has 1 amide bonds. The molecule has 0 saturated carbocycles. The minimum atomic E-state index is -0.148. The van der Waals surface area contributed by atoms with Crippen molar-refractivity contribution in [1.82, 2.24) is 4.90 Å². The monoisotopic (exact) mass is 290 g/mol. The van der Waals surface area contributed by atoms with Gasteiger partial charge < -0.3 is 10.1 Å². The number of carbonyl (C=O) groups is 2. The second kappa shape index (κ2) is 7.78. The lowest BCUT2D eigenvalue weighted by Gasteiger charge is -2.30. The Kier molecular flexibility index (Phi) is 5.75. The molecular formula is C16H22N2O3. The number of piperidine rings is 1. The van der Waals surface area contributed by atoms with Gasteiger partial charge in [0.15, 0.2) is 0 Å². The predicted octanol–water partition coefficient (Wildman–Crippen LogP) is 1.90. The van der Waals surface area contributed by atoms with Crippen molar-refractivity contribution < 1.29 is 14.3 Å². The molecule has 1 aromatic carbocycles. The van der Waals surface area contributed by atoms with E-state index in [4.69, 9.17) is 4.74 Å². The predicted molar refractivity (Wildman–Crippen MR) is 80.9 cm³/mol. The Balaban J connectivity index is 1.82. The number of benzene rings is 1. The molecular weight excluding hydrogens is 268 g/mol. The molecule has 2 rings (SSSR count). The van der Waals surface area contributed by atoms with Gasteiger partial charge in [-0.15, -0.1) is 0 Å². The number of nitrogens with zero attached hydrogens (tertiary/aromatic N) is 1. The molecule has 5 heteroatoms. The maximum atomic E-state index is 12.0. The fourth-order valence-corrected chi connectivity index (χ4v) is 2.58. The zero-order valence-electron chi connectivity index (χ0n) is 12.4. The van der Waals surface area contributed by atoms with Gasteiger partial charge in [-0.25, -0.2) is 0 Å². The normalized spacial score (nSPS) is 19.0. The fraction of sp³-hybridized carbons (Fsp3) is 0.500. The van der Waals surface area contributed by atoms with E-state index in [9.17, 15) is 9.59 Å². The lowest BCUT2D eigenvalue weighted by atomic mass is 9.98. The summed E-state index contributed by atoms with van der Waals surface area (Å²) in [6.07, 6.45) is 1.76. The Morgan fingerprint density at radius 3 is 2.81 bits per heavy atom. The van der Waals surface area contributed by atoms with E-state index in [1.807, 2.05) is 42.2 Å². The Morgan fingerprint density at radius 2 is 2.10 bits per heavy atom. The summed E-state index contributed by atoms with van der Waals surface area (Å²) in [5.74, 6) is -0.306. The third-order valence-electron chi connectivity index (χ3n) is 3.55. The first-order chi connectivity index (χ1) is 10.2. The van der Waals surface area contributed by atoms with E-state index in [1.165, 1.54) is 0 Å². The summed E-state index contributed by atoms with van der Waals surface area (Å²) < 4.78 is 5.06. The van der Waals surface area contributed by atoms with E-state index < -0.39 is 0 Å². The number of anilines is 1. The number of amides is 1. The Bertz CT molecular complexity index is 476. The van der Waals surface area contributed by atoms with Crippen LogP contribution in [0.5, 0.6) is 0 Å². The number of carbonyl (C=O) groups excluding carboxylic acids is 2. The molecule has 0 bridgehead atoms. The fourth-order valence-electron chi connectivity index (χ4n) is 2.58. The number of hydrogen-bond donors (Lipinski definition) is 1. The highest BCUT2D eigenvalue weighted by atomic mass is 16.5. The van der Waals surface area contributed by atoms with Crippen LogP contribution in [0.4, 0.5) is 5.69 Å². The number of para-hydroxylation sites is 1. The summed E-state index contributed by atoms with van der Waals surface area (Å²) >= 11 is 0. The van der Waals surface area contributed by atoms with Crippen molar-refractivity contribution >= 4 is 17.6 Å². The van der Waals surface area contributed by atoms with Gasteiger partial charge in [0, 0.05) is 12.2 Å². The van der Waals surface area contributed by atoms with Gasteiger partial charge in [0.2, 0.25) is 5.91 Å². The molecule has 1 fully saturated rings. The van der Waals surface area contributed by atoms with Gasteiger partial charge in [-0.2, -0.15) is 0 Å². The van der Waals surface area contributed by atoms with Gasteiger partial charge in [0.25, 0.3) is 0 Å². The minimum absolute atomic E-state index is 0.0503. The Hall–Kier alpha value is -1.88. The molecule has 0 aliphatic carbocycles. The van der Waals surface area contributed by atoms with Crippen LogP contribution in [0, 0.1) is 5.92 Å². The first kappa shape index (κ1) is 15.5. The van der Waals surface area contributed by atoms with Crippen LogP contribution >= 0.6 is 0 Å². The topological polar surface area (TPSA) is 58.6 Å². The van der Waals surface area contributed by atoms with Crippen molar-refractivity contribution in [3.05, 3.63) is 30.3 Å². The molecule has 1 heterocycles. The maximum Gasteiger partial charge on any atom is 0.310 e. The Morgan fingerprint density at radius 1 is 1.33 bits per heavy atom. The van der Waals surface area contributed by atoms with Crippen molar-refractivity contribution in [3.63, 3.8) is 0 Å². The summed E-state index contributed by atoms with van der Waals surface area (Å²) in [7, 11) is 0. The van der Waals surface area contributed by atoms with E-state index in [1.54, 1.807) is 0 Å². The van der Waals surface area contributed by atoms with Gasteiger partial charge in [-0.1, -0.05) is 18.2 Å². The van der Waals surface area contributed by atoms with E-state index in [0.717, 1.165) is 25.1 Å². The van der Waals surface area contributed by atoms with Crippen molar-refractivity contribution in [2.75, 3.05) is 31.6 Å². The number of hydrogen-bond acceptors (Lipinski definition) is 4. The van der Waals surface area contributed by atoms with E-state index in [0.29, 0.717) is 19.7 Å². The highest BCUT2D eigenvalue weighted by Gasteiger charge is 2.27. The van der Waals surface area contributed by atoms with Crippen LogP contribution in [-0.2, 0) is 14.3 Å². The molecule has 1 aliphatic heterocycles. The third-order valence-corrected chi connectivity index (χ3v) is 3.55. The number of ether oxygens (including phenoxy) is 1. The molecule has 21 heavy (non-hydrogen) atoms. The van der Waals surface area contributed by atoms with Crippen LogP contribution in [0.1, 0.15) is 19.8 Å². The Labute approximate surface area is 125 Å². The van der Waals surface area contributed by atoms with Gasteiger partial charge in [-0.3, -0.25) is 14.5 Å². The van der Waals surface area contributed by atoms with Crippen molar-refractivity contribution in [2.45, 2.75) is 19.8 Å². The molecule has 0 aromatic heterocycles. The third kappa shape index (κ3) is 4.86. The highest BCUT2D eigenvalue weighted by molar-refractivity contribution is 5.92. The molecule has 1 unspecified atom stereocenters. The summed E-state index contributed by atoms with van der Waals surface area (Å²) in [6.45, 7) is 3.97. The van der Waals surface area contributed by atoms with Crippen LogP contribution in [0.2, 0.25) is 0 Å². The number of esters is 1. The maximum absolute atomic E-state index is 12.0. The molecule has 1 saturated heterocycles. The zero-order valence-corrected chi connectivity index (χ0v) is 12.4. The standard InChI is InChI=1S/C16H22N2O3/c1-2-21-16(20)13-7-6-10-18(11-13)12-15(19)17-14-8-4-3-5-9-14/h3-5,8-9,13H,2,6-7,10-12H2,1H3,(H,17,19). The molecule has 0 spiro atoms. The SMILES string of the molecule is CCOC(=O)C1CCCN(CC(=O)Nc2ccccc2)C1. The smallest absolute Gasteiger partial charge is 0.310 e. The van der Waals surface area contributed by atoms with E-state index in [2.05, 4.69) is 5.32 Å². The van der Waals surface area contributed by atoms with Gasteiger partial charge in [-0.05, 0) is 38.4 Å². The first-order valence-corrected chi connectivity index (χ1v) is 7.43. The quantitative estimate of drug-likeness (QED) is 0.842. The lowest BCUT2D eigenvalue weighted by Crippen LogP contribution is -2.43. The number of nitrogens with one attached hydrogen (secondary N) is 1. The average Bonchev–Trinajstić information content (AvgIpc) is 2.48. The van der Waals surface area contributed by atoms with E-state index in [-0.39, 0.29) is 17.8 Å². The lowest BCUT2D eigenvalue weighted by molar-refractivity contribution is -0.150. The molecule has 5 nitrogen and oxygen atoms in total.